The second kappa shape index (κ2) is 11.6. The van der Waals surface area contributed by atoms with E-state index in [0.717, 1.165) is 19.0 Å². The van der Waals surface area contributed by atoms with Gasteiger partial charge in [-0.25, -0.2) is 0 Å². The number of nitrogens with one attached hydrogen (secondary N) is 3. The summed E-state index contributed by atoms with van der Waals surface area (Å²) in [6, 6.07) is 7.05. The molecule has 0 atom stereocenters. The van der Waals surface area contributed by atoms with Gasteiger partial charge in [0, 0.05) is 26.2 Å². The fraction of sp³-hybridized carbons (Fsp3) is 0.579. The van der Waals surface area contributed by atoms with E-state index in [4.69, 9.17) is 16.6 Å². The van der Waals surface area contributed by atoms with Gasteiger partial charge in [0.25, 0.3) is 5.91 Å². The molecule has 146 valence electrons. The number of carbonyl (C=O) groups excluding carboxylic acids is 1. The lowest BCUT2D eigenvalue weighted by molar-refractivity contribution is 0.0954. The van der Waals surface area contributed by atoms with Crippen LogP contribution in [0.2, 0.25) is 5.02 Å². The fourth-order valence-corrected chi connectivity index (χ4v) is 3.21. The average molecular weight is 493 g/mol. The minimum Gasteiger partial charge on any atom is -0.357 e. The Kier molecular flexibility index (Phi) is 10.3. The Balaban J connectivity index is 0.00000338. The van der Waals surface area contributed by atoms with Gasteiger partial charge in [-0.1, -0.05) is 37.1 Å². The van der Waals surface area contributed by atoms with E-state index in [-0.39, 0.29) is 29.9 Å². The smallest absolute Gasteiger partial charge is 0.252 e. The second-order valence-corrected chi connectivity index (χ2v) is 6.97. The number of guanidine groups is 1. The number of hydrogen-bond acceptors (Lipinski definition) is 2. The molecule has 1 fully saturated rings. The molecule has 1 aromatic rings. The zero-order valence-electron chi connectivity index (χ0n) is 15.6. The largest absolute Gasteiger partial charge is 0.357 e. The normalized spacial score (nSPS) is 15.4. The van der Waals surface area contributed by atoms with Gasteiger partial charge < -0.3 is 16.0 Å². The average Bonchev–Trinajstić information content (AvgIpc) is 2.58. The summed E-state index contributed by atoms with van der Waals surface area (Å²) in [4.78, 5) is 16.8. The highest BCUT2D eigenvalue weighted by molar-refractivity contribution is 14.0. The van der Waals surface area contributed by atoms with Crippen LogP contribution >= 0.6 is 35.6 Å². The van der Waals surface area contributed by atoms with Gasteiger partial charge in [0.1, 0.15) is 0 Å². The summed E-state index contributed by atoms with van der Waals surface area (Å²) in [7, 11) is 0. The second-order valence-electron chi connectivity index (χ2n) is 6.56. The first-order chi connectivity index (χ1) is 12.1. The van der Waals surface area contributed by atoms with E-state index < -0.39 is 0 Å². The summed E-state index contributed by atoms with van der Waals surface area (Å²) in [5.41, 5.74) is 0.903. The Labute approximate surface area is 178 Å². The topological polar surface area (TPSA) is 65.5 Å². The van der Waals surface area contributed by atoms with Crippen LogP contribution in [-0.2, 0) is 0 Å². The molecular weight excluding hydrogens is 463 g/mol. The van der Waals surface area contributed by atoms with Crippen molar-refractivity contribution in [2.45, 2.75) is 39.5 Å². The predicted molar refractivity (Wildman–Crippen MR) is 120 cm³/mol. The molecule has 7 heteroatoms. The molecule has 1 aliphatic rings. The van der Waals surface area contributed by atoms with Crippen molar-refractivity contribution in [1.82, 2.24) is 16.0 Å². The van der Waals surface area contributed by atoms with Crippen LogP contribution in [-0.4, -0.2) is 38.0 Å². The number of halogens is 2. The summed E-state index contributed by atoms with van der Waals surface area (Å²) in [5, 5.41) is 9.88. The number of amides is 1. The zero-order valence-corrected chi connectivity index (χ0v) is 18.7. The van der Waals surface area contributed by atoms with Crippen molar-refractivity contribution >= 4 is 47.4 Å². The summed E-state index contributed by atoms with van der Waals surface area (Å²) in [6.07, 6.45) is 5.06. The van der Waals surface area contributed by atoms with Crippen LogP contribution in [0.3, 0.4) is 0 Å². The van der Waals surface area contributed by atoms with E-state index in [9.17, 15) is 4.79 Å². The highest BCUT2D eigenvalue weighted by atomic mass is 127. The van der Waals surface area contributed by atoms with Gasteiger partial charge in [0.05, 0.1) is 10.6 Å². The number of benzene rings is 1. The lowest BCUT2D eigenvalue weighted by atomic mass is 9.67. The summed E-state index contributed by atoms with van der Waals surface area (Å²) in [6.45, 7) is 7.10. The van der Waals surface area contributed by atoms with Crippen molar-refractivity contribution in [2.75, 3.05) is 26.2 Å². The molecule has 0 aromatic heterocycles. The minimum atomic E-state index is -0.159. The monoisotopic (exact) mass is 492 g/mol. The molecule has 1 amide bonds. The van der Waals surface area contributed by atoms with E-state index >= 15 is 0 Å². The lowest BCUT2D eigenvalue weighted by Gasteiger charge is -2.40. The van der Waals surface area contributed by atoms with E-state index in [1.165, 1.54) is 25.7 Å². The van der Waals surface area contributed by atoms with Crippen LogP contribution in [0, 0.1) is 5.41 Å². The maximum Gasteiger partial charge on any atom is 0.252 e. The van der Waals surface area contributed by atoms with E-state index in [1.807, 2.05) is 6.07 Å². The third kappa shape index (κ3) is 6.61. The third-order valence-corrected chi connectivity index (χ3v) is 5.23. The van der Waals surface area contributed by atoms with Gasteiger partial charge >= 0.3 is 0 Å². The van der Waals surface area contributed by atoms with Crippen molar-refractivity contribution in [3.63, 3.8) is 0 Å². The molecular formula is C19H30ClIN4O. The Morgan fingerprint density at radius 2 is 1.85 bits per heavy atom. The first-order valence-corrected chi connectivity index (χ1v) is 9.53. The molecule has 26 heavy (non-hydrogen) atoms. The van der Waals surface area contributed by atoms with Crippen molar-refractivity contribution in [1.29, 1.82) is 0 Å². The highest BCUT2D eigenvalue weighted by Gasteiger charge is 2.34. The lowest BCUT2D eigenvalue weighted by Crippen LogP contribution is -2.42. The SMILES string of the molecule is CCNC(=NCC1(CC)CCC1)NCCNC(=O)c1ccccc1Cl.I. The van der Waals surface area contributed by atoms with Crippen molar-refractivity contribution in [3.05, 3.63) is 34.9 Å². The Morgan fingerprint density at radius 1 is 1.15 bits per heavy atom. The molecule has 2 rings (SSSR count). The van der Waals surface area contributed by atoms with Gasteiger partial charge in [-0.2, -0.15) is 0 Å². The quantitative estimate of drug-likeness (QED) is 0.224. The van der Waals surface area contributed by atoms with Crippen molar-refractivity contribution < 1.29 is 4.79 Å². The van der Waals surface area contributed by atoms with Gasteiger partial charge in [-0.15, -0.1) is 24.0 Å². The molecule has 0 aliphatic heterocycles. The first kappa shape index (κ1) is 23.0. The van der Waals surface area contributed by atoms with Gasteiger partial charge in [-0.3, -0.25) is 9.79 Å². The van der Waals surface area contributed by atoms with Gasteiger partial charge in [0.15, 0.2) is 5.96 Å². The van der Waals surface area contributed by atoms with Crippen LogP contribution in [0.25, 0.3) is 0 Å². The van der Waals surface area contributed by atoms with Crippen LogP contribution in [0.4, 0.5) is 0 Å². The molecule has 0 spiro atoms. The predicted octanol–water partition coefficient (Wildman–Crippen LogP) is 3.82. The molecule has 0 radical (unpaired) electrons. The Hall–Kier alpha value is -1.02. The van der Waals surface area contributed by atoms with Crippen LogP contribution in [0.5, 0.6) is 0 Å². The zero-order chi connectivity index (χ0) is 18.1. The standard InChI is InChI=1S/C19H29ClN4O.HI/c1-3-19(10-7-11-19)14-24-18(21-4-2)23-13-12-22-17(25)15-8-5-6-9-16(15)20;/h5-6,8-9H,3-4,7,10-14H2,1-2H3,(H,22,25)(H2,21,23,24);1H. The maximum absolute atomic E-state index is 12.1. The number of rotatable bonds is 8. The third-order valence-electron chi connectivity index (χ3n) is 4.90. The van der Waals surface area contributed by atoms with Crippen LogP contribution < -0.4 is 16.0 Å². The summed E-state index contributed by atoms with van der Waals surface area (Å²) in [5.74, 6) is 0.656. The molecule has 1 saturated carbocycles. The highest BCUT2D eigenvalue weighted by Crippen LogP contribution is 2.43. The van der Waals surface area contributed by atoms with E-state index in [2.05, 4.69) is 29.8 Å². The molecule has 0 saturated heterocycles. The number of nitrogens with zero attached hydrogens (tertiary/aromatic N) is 1. The van der Waals surface area contributed by atoms with Gasteiger partial charge in [0.2, 0.25) is 0 Å². The number of carbonyl (C=O) groups is 1. The molecule has 0 heterocycles. The van der Waals surface area contributed by atoms with Gasteiger partial charge in [-0.05, 0) is 43.7 Å². The molecule has 0 bridgehead atoms. The van der Waals surface area contributed by atoms with Crippen molar-refractivity contribution in [2.24, 2.45) is 10.4 Å². The molecule has 3 N–H and O–H groups in total. The Morgan fingerprint density at radius 3 is 2.42 bits per heavy atom. The number of hydrogen-bond donors (Lipinski definition) is 3. The molecule has 1 aromatic carbocycles. The van der Waals surface area contributed by atoms with E-state index in [0.29, 0.717) is 29.1 Å². The minimum absolute atomic E-state index is 0. The fourth-order valence-electron chi connectivity index (χ4n) is 2.99. The first-order valence-electron chi connectivity index (χ1n) is 9.15. The summed E-state index contributed by atoms with van der Waals surface area (Å²) >= 11 is 6.03. The van der Waals surface area contributed by atoms with Crippen LogP contribution in [0.1, 0.15) is 49.9 Å². The maximum atomic E-state index is 12.1. The molecule has 1 aliphatic carbocycles. The summed E-state index contributed by atoms with van der Waals surface area (Å²) < 4.78 is 0. The van der Waals surface area contributed by atoms with E-state index in [1.54, 1.807) is 18.2 Å². The number of aliphatic imine (C=N–C) groups is 1. The Bertz CT molecular complexity index is 599. The van der Waals surface area contributed by atoms with Crippen LogP contribution in [0.15, 0.2) is 29.3 Å². The molecule has 0 unspecified atom stereocenters. The van der Waals surface area contributed by atoms with Crippen molar-refractivity contribution in [3.8, 4) is 0 Å². The molecule has 5 nitrogen and oxygen atoms in total.